The van der Waals surface area contributed by atoms with E-state index in [0.717, 1.165) is 18.8 Å². The van der Waals surface area contributed by atoms with E-state index in [2.05, 4.69) is 41.5 Å². The fourth-order valence-corrected chi connectivity index (χ4v) is 1.93. The van der Waals surface area contributed by atoms with Crippen molar-refractivity contribution in [1.82, 2.24) is 5.32 Å². The van der Waals surface area contributed by atoms with Crippen LogP contribution in [0.25, 0.3) is 0 Å². The highest BCUT2D eigenvalue weighted by Gasteiger charge is 2.04. The lowest BCUT2D eigenvalue weighted by atomic mass is 10.2. The molecule has 0 aliphatic heterocycles. The lowest BCUT2D eigenvalue weighted by Crippen LogP contribution is -2.34. The van der Waals surface area contributed by atoms with Crippen LogP contribution in [0.1, 0.15) is 27.7 Å². The molecule has 0 bridgehead atoms. The van der Waals surface area contributed by atoms with E-state index in [9.17, 15) is 4.79 Å². The summed E-state index contributed by atoms with van der Waals surface area (Å²) < 4.78 is 0. The minimum absolute atomic E-state index is 0.0165. The molecule has 1 rings (SSSR count). The van der Waals surface area contributed by atoms with Crippen LogP contribution in [0, 0.1) is 0 Å². The Morgan fingerprint density at radius 1 is 1.16 bits per heavy atom. The van der Waals surface area contributed by atoms with E-state index in [0.29, 0.717) is 6.54 Å². The average Bonchev–Trinajstić information content (AvgIpc) is 2.38. The Morgan fingerprint density at radius 2 is 1.74 bits per heavy atom. The van der Waals surface area contributed by atoms with Crippen molar-refractivity contribution in [2.45, 2.75) is 33.7 Å². The Labute approximate surface area is 116 Å². The Hall–Kier alpha value is -1.71. The van der Waals surface area contributed by atoms with Gasteiger partial charge in [-0.3, -0.25) is 4.79 Å². The van der Waals surface area contributed by atoms with Crippen molar-refractivity contribution in [3.8, 4) is 0 Å². The van der Waals surface area contributed by atoms with Gasteiger partial charge in [0.05, 0.1) is 6.54 Å². The molecule has 0 atom stereocenters. The lowest BCUT2D eigenvalue weighted by Gasteiger charge is -2.21. The molecule has 1 aromatic rings. The predicted octanol–water partition coefficient (Wildman–Crippen LogP) is 2.47. The summed E-state index contributed by atoms with van der Waals surface area (Å²) >= 11 is 0. The molecule has 0 aromatic heterocycles. The van der Waals surface area contributed by atoms with Gasteiger partial charge in [0, 0.05) is 30.5 Å². The number of carbonyl (C=O) groups excluding carboxylic acids is 1. The topological polar surface area (TPSA) is 44.4 Å². The highest BCUT2D eigenvalue weighted by molar-refractivity contribution is 5.81. The largest absolute Gasteiger partial charge is 0.376 e. The molecular weight excluding hydrogens is 238 g/mol. The highest BCUT2D eigenvalue weighted by Crippen LogP contribution is 2.17. The number of rotatable bonds is 7. The summed E-state index contributed by atoms with van der Waals surface area (Å²) in [5, 5.41) is 5.97. The Morgan fingerprint density at radius 3 is 2.21 bits per heavy atom. The van der Waals surface area contributed by atoms with Gasteiger partial charge in [0.25, 0.3) is 0 Å². The molecule has 0 radical (unpaired) electrons. The van der Waals surface area contributed by atoms with Gasteiger partial charge in [-0.15, -0.1) is 0 Å². The first-order valence-electron chi connectivity index (χ1n) is 6.95. The molecule has 0 saturated carbocycles. The number of carbonyl (C=O) groups is 1. The fraction of sp³-hybridized carbons (Fsp3) is 0.533. The van der Waals surface area contributed by atoms with Crippen LogP contribution in [0.4, 0.5) is 11.4 Å². The molecule has 0 aliphatic carbocycles. The molecule has 0 heterocycles. The number of benzene rings is 1. The Bertz CT molecular complexity index is 383. The second kappa shape index (κ2) is 7.67. The third kappa shape index (κ3) is 5.20. The molecular formula is C15H25N3O. The van der Waals surface area contributed by atoms with E-state index in [-0.39, 0.29) is 11.9 Å². The van der Waals surface area contributed by atoms with Crippen molar-refractivity contribution in [2.75, 3.05) is 29.9 Å². The number of hydrogen-bond acceptors (Lipinski definition) is 3. The summed E-state index contributed by atoms with van der Waals surface area (Å²) in [6, 6.07) is 8.36. The summed E-state index contributed by atoms with van der Waals surface area (Å²) in [6.45, 7) is 10.5. The number of hydrogen-bond donors (Lipinski definition) is 2. The van der Waals surface area contributed by atoms with Gasteiger partial charge in [0.15, 0.2) is 0 Å². The van der Waals surface area contributed by atoms with E-state index < -0.39 is 0 Å². The quantitative estimate of drug-likeness (QED) is 0.794. The average molecular weight is 263 g/mol. The van der Waals surface area contributed by atoms with Crippen molar-refractivity contribution in [1.29, 1.82) is 0 Å². The monoisotopic (exact) mass is 263 g/mol. The summed E-state index contributed by atoms with van der Waals surface area (Å²) in [6.07, 6.45) is 0. The van der Waals surface area contributed by atoms with Gasteiger partial charge >= 0.3 is 0 Å². The zero-order valence-corrected chi connectivity index (χ0v) is 12.4. The third-order valence-electron chi connectivity index (χ3n) is 2.90. The highest BCUT2D eigenvalue weighted by atomic mass is 16.1. The van der Waals surface area contributed by atoms with E-state index >= 15 is 0 Å². The van der Waals surface area contributed by atoms with Crippen LogP contribution >= 0.6 is 0 Å². The smallest absolute Gasteiger partial charge is 0.239 e. The Kier molecular flexibility index (Phi) is 6.19. The third-order valence-corrected chi connectivity index (χ3v) is 2.90. The van der Waals surface area contributed by atoms with Crippen LogP contribution in [-0.2, 0) is 4.79 Å². The van der Waals surface area contributed by atoms with Crippen LogP contribution in [0.15, 0.2) is 24.3 Å². The summed E-state index contributed by atoms with van der Waals surface area (Å²) in [7, 11) is 0. The normalized spacial score (nSPS) is 10.4. The second-order valence-electron chi connectivity index (χ2n) is 4.79. The standard InChI is InChI=1S/C15H25N3O/c1-5-18(6-2)14-9-7-13(8-10-14)16-11-15(19)17-12(3)4/h7-10,12,16H,5-6,11H2,1-4H3,(H,17,19). The van der Waals surface area contributed by atoms with Crippen LogP contribution in [0.3, 0.4) is 0 Å². The SMILES string of the molecule is CCN(CC)c1ccc(NCC(=O)NC(C)C)cc1. The molecule has 19 heavy (non-hydrogen) atoms. The molecule has 1 aromatic carbocycles. The van der Waals surface area contributed by atoms with E-state index in [4.69, 9.17) is 0 Å². The maximum absolute atomic E-state index is 11.5. The first-order chi connectivity index (χ1) is 9.06. The van der Waals surface area contributed by atoms with Crippen LogP contribution in [0.5, 0.6) is 0 Å². The number of amides is 1. The molecule has 0 saturated heterocycles. The maximum Gasteiger partial charge on any atom is 0.239 e. The molecule has 4 heteroatoms. The van der Waals surface area contributed by atoms with Crippen molar-refractivity contribution in [3.63, 3.8) is 0 Å². The van der Waals surface area contributed by atoms with Crippen LogP contribution < -0.4 is 15.5 Å². The van der Waals surface area contributed by atoms with Gasteiger partial charge in [-0.05, 0) is 52.0 Å². The van der Waals surface area contributed by atoms with Gasteiger partial charge < -0.3 is 15.5 Å². The van der Waals surface area contributed by atoms with Crippen molar-refractivity contribution >= 4 is 17.3 Å². The molecule has 0 spiro atoms. The number of nitrogens with zero attached hydrogens (tertiary/aromatic N) is 1. The molecule has 4 nitrogen and oxygen atoms in total. The van der Waals surface area contributed by atoms with Gasteiger partial charge in [-0.25, -0.2) is 0 Å². The van der Waals surface area contributed by atoms with Crippen molar-refractivity contribution < 1.29 is 4.79 Å². The minimum atomic E-state index is 0.0165. The minimum Gasteiger partial charge on any atom is -0.376 e. The van der Waals surface area contributed by atoms with E-state index in [1.54, 1.807) is 0 Å². The van der Waals surface area contributed by atoms with Crippen molar-refractivity contribution in [3.05, 3.63) is 24.3 Å². The molecule has 106 valence electrons. The summed E-state index contributed by atoms with van der Waals surface area (Å²) in [5.74, 6) is 0.0165. The van der Waals surface area contributed by atoms with Gasteiger partial charge in [-0.1, -0.05) is 0 Å². The summed E-state index contributed by atoms with van der Waals surface area (Å²) in [5.41, 5.74) is 2.18. The molecule has 0 fully saturated rings. The summed E-state index contributed by atoms with van der Waals surface area (Å²) in [4.78, 5) is 13.8. The van der Waals surface area contributed by atoms with Crippen molar-refractivity contribution in [2.24, 2.45) is 0 Å². The molecule has 1 amide bonds. The first kappa shape index (κ1) is 15.3. The van der Waals surface area contributed by atoms with E-state index in [1.807, 2.05) is 26.0 Å². The molecule has 0 unspecified atom stereocenters. The lowest BCUT2D eigenvalue weighted by molar-refractivity contribution is -0.119. The number of anilines is 2. The van der Waals surface area contributed by atoms with Crippen LogP contribution in [0.2, 0.25) is 0 Å². The van der Waals surface area contributed by atoms with E-state index in [1.165, 1.54) is 5.69 Å². The van der Waals surface area contributed by atoms with Gasteiger partial charge in [-0.2, -0.15) is 0 Å². The first-order valence-corrected chi connectivity index (χ1v) is 6.95. The second-order valence-corrected chi connectivity index (χ2v) is 4.79. The Balaban J connectivity index is 2.50. The zero-order valence-electron chi connectivity index (χ0n) is 12.4. The molecule has 0 aliphatic rings. The predicted molar refractivity (Wildman–Crippen MR) is 81.8 cm³/mol. The number of nitrogens with one attached hydrogen (secondary N) is 2. The van der Waals surface area contributed by atoms with Gasteiger partial charge in [0.2, 0.25) is 5.91 Å². The zero-order chi connectivity index (χ0) is 14.3. The molecule has 2 N–H and O–H groups in total. The maximum atomic E-state index is 11.5. The fourth-order valence-electron chi connectivity index (χ4n) is 1.93. The van der Waals surface area contributed by atoms with Gasteiger partial charge in [0.1, 0.15) is 0 Å². The van der Waals surface area contributed by atoms with Crippen LogP contribution in [-0.4, -0.2) is 31.6 Å².